The van der Waals surface area contributed by atoms with E-state index < -0.39 is 34.7 Å². The second-order valence-electron chi connectivity index (χ2n) is 8.79. The van der Waals surface area contributed by atoms with Crippen molar-refractivity contribution in [3.8, 4) is 0 Å². The van der Waals surface area contributed by atoms with Crippen molar-refractivity contribution in [3.05, 3.63) is 47.5 Å². The van der Waals surface area contributed by atoms with Crippen LogP contribution in [0.5, 0.6) is 0 Å². The highest BCUT2D eigenvalue weighted by Crippen LogP contribution is 2.54. The van der Waals surface area contributed by atoms with E-state index in [1.165, 1.54) is 0 Å². The first kappa shape index (κ1) is 21.2. The molecule has 3 rings (SSSR count). The van der Waals surface area contributed by atoms with Crippen LogP contribution in [0.2, 0.25) is 0 Å². The average molecular weight is 400 g/mol. The molecule has 2 aliphatic rings. The number of esters is 2. The molecule has 2 bridgehead atoms. The van der Waals surface area contributed by atoms with Gasteiger partial charge in [-0.2, -0.15) is 0 Å². The minimum absolute atomic E-state index is 0.108. The van der Waals surface area contributed by atoms with Gasteiger partial charge in [-0.15, -0.1) is 0 Å². The fourth-order valence-electron chi connectivity index (χ4n) is 4.13. The summed E-state index contributed by atoms with van der Waals surface area (Å²) in [5.41, 5.74) is -2.53. The number of hydrogen-bond donors (Lipinski definition) is 0. The van der Waals surface area contributed by atoms with Gasteiger partial charge in [0.2, 0.25) is 5.60 Å². The molecule has 0 saturated carbocycles. The van der Waals surface area contributed by atoms with Crippen molar-refractivity contribution in [3.63, 3.8) is 0 Å². The molecule has 0 aliphatic carbocycles. The minimum atomic E-state index is -1.88. The second kappa shape index (κ2) is 7.41. The van der Waals surface area contributed by atoms with Gasteiger partial charge in [-0.3, -0.25) is 9.59 Å². The van der Waals surface area contributed by atoms with Gasteiger partial charge in [0.15, 0.2) is 5.78 Å². The molecular weight excluding hydrogens is 372 g/mol. The van der Waals surface area contributed by atoms with Crippen LogP contribution >= 0.6 is 0 Å². The molecule has 2 fully saturated rings. The lowest BCUT2D eigenvalue weighted by Crippen LogP contribution is -2.54. The molecule has 0 amide bonds. The van der Waals surface area contributed by atoms with Gasteiger partial charge >= 0.3 is 11.9 Å². The maximum absolute atomic E-state index is 13.1. The Kier molecular flexibility index (Phi) is 5.43. The zero-order chi connectivity index (χ0) is 21.4. The number of Topliss-reactive ketones (excluding diaryl/α,β-unsaturated/α-hetero) is 1. The fourth-order valence-corrected chi connectivity index (χ4v) is 4.13. The van der Waals surface area contributed by atoms with Crippen LogP contribution in [-0.4, -0.2) is 34.5 Å². The van der Waals surface area contributed by atoms with Crippen LogP contribution in [-0.2, 0) is 35.2 Å². The van der Waals surface area contributed by atoms with Crippen molar-refractivity contribution >= 4 is 17.7 Å². The molecule has 6 heteroatoms. The van der Waals surface area contributed by atoms with Crippen molar-refractivity contribution in [1.82, 2.24) is 0 Å². The molecule has 1 aromatic rings. The summed E-state index contributed by atoms with van der Waals surface area (Å²) in [5.74, 6) is -2.51. The number of ether oxygens (including phenoxy) is 3. The molecule has 2 aliphatic heterocycles. The predicted molar refractivity (Wildman–Crippen MR) is 106 cm³/mol. The van der Waals surface area contributed by atoms with Gasteiger partial charge in [-0.1, -0.05) is 36.4 Å². The van der Waals surface area contributed by atoms with E-state index in [1.807, 2.05) is 30.3 Å². The van der Waals surface area contributed by atoms with E-state index in [2.05, 4.69) is 0 Å². The van der Waals surface area contributed by atoms with Crippen LogP contribution < -0.4 is 0 Å². The minimum Gasteiger partial charge on any atom is -0.460 e. The predicted octanol–water partition coefficient (Wildman–Crippen LogP) is 3.52. The highest BCUT2D eigenvalue weighted by atomic mass is 16.6. The maximum atomic E-state index is 13.1. The first-order valence-corrected chi connectivity index (χ1v) is 9.88. The third-order valence-corrected chi connectivity index (χ3v) is 5.41. The van der Waals surface area contributed by atoms with Crippen LogP contribution in [0.25, 0.3) is 0 Å². The van der Waals surface area contributed by atoms with Crippen LogP contribution in [0.3, 0.4) is 0 Å². The van der Waals surface area contributed by atoms with Crippen LogP contribution in [0, 0.1) is 5.92 Å². The largest absolute Gasteiger partial charge is 0.460 e. The van der Waals surface area contributed by atoms with E-state index in [0.29, 0.717) is 12.0 Å². The summed E-state index contributed by atoms with van der Waals surface area (Å²) in [4.78, 5) is 39.1. The summed E-state index contributed by atoms with van der Waals surface area (Å²) < 4.78 is 17.2. The lowest BCUT2D eigenvalue weighted by Gasteiger charge is -2.37. The van der Waals surface area contributed by atoms with E-state index in [1.54, 1.807) is 40.7 Å². The Bertz CT molecular complexity index is 850. The number of carbonyl (C=O) groups excluding carboxylic acids is 3. The van der Waals surface area contributed by atoms with Gasteiger partial charge in [0.05, 0.1) is 5.60 Å². The van der Waals surface area contributed by atoms with E-state index in [9.17, 15) is 14.4 Å². The number of hydrogen-bond acceptors (Lipinski definition) is 6. The number of ketones is 1. The Balaban J connectivity index is 1.93. The van der Waals surface area contributed by atoms with Crippen LogP contribution in [0.1, 0.15) is 53.0 Å². The third-order valence-electron chi connectivity index (χ3n) is 5.41. The molecule has 1 aromatic carbocycles. The molecule has 3 atom stereocenters. The number of rotatable bonds is 4. The summed E-state index contributed by atoms with van der Waals surface area (Å²) in [6.45, 7) is 8.73. The summed E-state index contributed by atoms with van der Waals surface area (Å²) in [5, 5.41) is 0. The molecule has 0 spiro atoms. The highest BCUT2D eigenvalue weighted by Gasteiger charge is 2.70. The number of allylic oxidation sites excluding steroid dienone is 1. The molecule has 6 nitrogen and oxygen atoms in total. The highest BCUT2D eigenvalue weighted by molar-refractivity contribution is 6.13. The lowest BCUT2D eigenvalue weighted by molar-refractivity contribution is -0.198. The number of carbonyl (C=O) groups is 3. The Morgan fingerprint density at radius 1 is 1.24 bits per heavy atom. The van der Waals surface area contributed by atoms with Crippen molar-refractivity contribution in [1.29, 1.82) is 0 Å². The fraction of sp³-hybridized carbons (Fsp3) is 0.522. The van der Waals surface area contributed by atoms with Gasteiger partial charge in [0.1, 0.15) is 18.1 Å². The maximum Gasteiger partial charge on any atom is 0.351 e. The Labute approximate surface area is 171 Å². The standard InChI is InChI=1S/C23H28O6/c1-6-16-18(19(25)27-14-15-10-8-7-9-11-15)22(5)13-12-17(24)23(16,29-22)20(26)28-21(2,3)4/h6-11,18H,12-14H2,1-5H3/b16-6+/t18-,22+,23+/m1/s1. The van der Waals surface area contributed by atoms with E-state index in [-0.39, 0.29) is 18.8 Å². The second-order valence-corrected chi connectivity index (χ2v) is 8.79. The molecule has 29 heavy (non-hydrogen) atoms. The smallest absolute Gasteiger partial charge is 0.351 e. The Morgan fingerprint density at radius 2 is 1.90 bits per heavy atom. The van der Waals surface area contributed by atoms with Crippen molar-refractivity contribution in [2.75, 3.05) is 0 Å². The van der Waals surface area contributed by atoms with Gasteiger partial charge < -0.3 is 14.2 Å². The van der Waals surface area contributed by atoms with E-state index in [0.717, 1.165) is 5.56 Å². The van der Waals surface area contributed by atoms with Gasteiger partial charge in [-0.25, -0.2) is 4.79 Å². The van der Waals surface area contributed by atoms with Crippen LogP contribution in [0.4, 0.5) is 0 Å². The summed E-state index contributed by atoms with van der Waals surface area (Å²) in [6, 6.07) is 9.34. The normalized spacial score (nSPS) is 30.3. The average Bonchev–Trinajstić information content (AvgIpc) is 2.89. The van der Waals surface area contributed by atoms with Crippen molar-refractivity contribution in [2.45, 2.75) is 70.9 Å². The topological polar surface area (TPSA) is 78.9 Å². The molecule has 0 unspecified atom stereocenters. The van der Waals surface area contributed by atoms with Gasteiger partial charge in [0.25, 0.3) is 0 Å². The van der Waals surface area contributed by atoms with Crippen LogP contribution in [0.15, 0.2) is 42.0 Å². The molecule has 156 valence electrons. The van der Waals surface area contributed by atoms with Crippen molar-refractivity contribution in [2.24, 2.45) is 5.92 Å². The van der Waals surface area contributed by atoms with Gasteiger partial charge in [-0.05, 0) is 52.2 Å². The quantitative estimate of drug-likeness (QED) is 0.437. The molecule has 2 saturated heterocycles. The van der Waals surface area contributed by atoms with E-state index in [4.69, 9.17) is 14.2 Å². The zero-order valence-electron chi connectivity index (χ0n) is 17.6. The van der Waals surface area contributed by atoms with E-state index >= 15 is 0 Å². The molecule has 0 aromatic heterocycles. The molecule has 0 radical (unpaired) electrons. The number of fused-ring (bicyclic) bond motifs is 2. The van der Waals surface area contributed by atoms with Gasteiger partial charge in [0, 0.05) is 6.42 Å². The summed E-state index contributed by atoms with van der Waals surface area (Å²) >= 11 is 0. The first-order valence-electron chi connectivity index (χ1n) is 9.88. The third kappa shape index (κ3) is 3.73. The SMILES string of the molecule is C/C=C1\[C@H](C(=O)OCc2ccccc2)[C@]2(C)CCC(=O)[C@@]1(C(=O)OC(C)(C)C)O2. The Morgan fingerprint density at radius 3 is 2.48 bits per heavy atom. The molecular formula is C23H28O6. The summed E-state index contributed by atoms with van der Waals surface area (Å²) in [7, 11) is 0. The lowest BCUT2D eigenvalue weighted by atomic mass is 9.81. The molecule has 0 N–H and O–H groups in total. The first-order chi connectivity index (χ1) is 13.5. The number of benzene rings is 1. The van der Waals surface area contributed by atoms with Crippen molar-refractivity contribution < 1.29 is 28.6 Å². The molecule has 2 heterocycles. The summed E-state index contributed by atoms with van der Waals surface area (Å²) in [6.07, 6.45) is 2.08. The zero-order valence-corrected chi connectivity index (χ0v) is 17.6. The Hall–Kier alpha value is -2.47. The monoisotopic (exact) mass is 400 g/mol.